The normalized spacial score (nSPS) is 46.5. The van der Waals surface area contributed by atoms with Gasteiger partial charge in [0.2, 0.25) is 0 Å². The smallest absolute Gasteiger partial charge is 0.331 e. The zero-order chi connectivity index (χ0) is 38.5. The van der Waals surface area contributed by atoms with E-state index in [1.807, 2.05) is 0 Å². The number of rotatable bonds is 2. The maximum atomic E-state index is 11.6. The average molecular weight is 743 g/mol. The third-order valence-corrected chi connectivity index (χ3v) is 13.5. The van der Waals surface area contributed by atoms with Crippen LogP contribution in [-0.4, -0.2) is 116 Å². The van der Waals surface area contributed by atoms with Crippen LogP contribution in [0.1, 0.15) is 112 Å². The highest BCUT2D eigenvalue weighted by Gasteiger charge is 2.60. The first-order valence-electron chi connectivity index (χ1n) is 19.5. The van der Waals surface area contributed by atoms with Gasteiger partial charge in [-0.15, -0.1) is 0 Å². The van der Waals surface area contributed by atoms with Gasteiger partial charge in [0.15, 0.2) is 12.6 Å². The van der Waals surface area contributed by atoms with Crippen LogP contribution in [0, 0.1) is 40.4 Å². The van der Waals surface area contributed by atoms with Crippen molar-refractivity contribution in [1.82, 2.24) is 0 Å². The average Bonchev–Trinajstić information content (AvgIpc) is 3.65. The van der Waals surface area contributed by atoms with Crippen LogP contribution in [0.25, 0.3) is 0 Å². The number of hydrogen-bond donors (Lipinski definition) is 7. The van der Waals surface area contributed by atoms with Gasteiger partial charge >= 0.3 is 11.9 Å². The zero-order valence-corrected chi connectivity index (χ0v) is 31.9. The van der Waals surface area contributed by atoms with Gasteiger partial charge in [0, 0.05) is 25.8 Å². The molecule has 300 valence electrons. The maximum Gasteiger partial charge on any atom is 0.331 e. The number of ether oxygens (including phenoxy) is 4. The number of cyclic esters (lactones) is 1. The van der Waals surface area contributed by atoms with Crippen molar-refractivity contribution < 1.29 is 64.3 Å². The van der Waals surface area contributed by atoms with Gasteiger partial charge in [-0.2, -0.15) is 0 Å². The third kappa shape index (κ3) is 9.94. The fourth-order valence-electron chi connectivity index (χ4n) is 10.7. The molecule has 3 heterocycles. The Balaban J connectivity index is 0.000000191. The molecule has 52 heavy (non-hydrogen) atoms. The summed E-state index contributed by atoms with van der Waals surface area (Å²) in [5.74, 6) is 3.46. The monoisotopic (exact) mass is 742 g/mol. The van der Waals surface area contributed by atoms with Crippen molar-refractivity contribution in [2.45, 2.75) is 167 Å². The summed E-state index contributed by atoms with van der Waals surface area (Å²) < 4.78 is 19.3. The highest BCUT2D eigenvalue weighted by atomic mass is 16.6. The topological polar surface area (TPSA) is 213 Å². The highest BCUT2D eigenvalue weighted by molar-refractivity contribution is 5.85. The van der Waals surface area contributed by atoms with E-state index in [-0.39, 0.29) is 30.9 Å². The fourth-order valence-corrected chi connectivity index (χ4v) is 10.7. The zero-order valence-electron chi connectivity index (χ0n) is 31.9. The number of aliphatic hydroxyl groups excluding tert-OH is 7. The molecule has 16 atom stereocenters. The standard InChI is InChI=1S/C23H34O3.2C6H12O4.C4H8O2/c1-22-9-7-16(24)12-15(22)3-4-17-19-6-5-18(14-11-21(25)26-13-14)23(19,2)10-8-20(17)22;2*1-3-6(9)4(7)2-5(8)10-3;1-3-6-4(2)5/h11,15-20,24H,3-10,12-13H2,1-2H3;2*3-9H,2H2,1H3;3H2,1-2H3/t15-,16+,17+,18-,19+,20+,22+,23-;2*3-,4+,5?,6-;/m111./s1. The van der Waals surface area contributed by atoms with Crippen LogP contribution >= 0.6 is 0 Å². The summed E-state index contributed by atoms with van der Waals surface area (Å²) >= 11 is 0. The second-order valence-corrected chi connectivity index (χ2v) is 16.7. The molecule has 13 nitrogen and oxygen atoms in total. The van der Waals surface area contributed by atoms with Gasteiger partial charge in [-0.3, -0.25) is 4.79 Å². The summed E-state index contributed by atoms with van der Waals surface area (Å²) in [6.45, 7) is 12.5. The molecule has 0 radical (unpaired) electrons. The number of carbonyl (C=O) groups is 2. The Bertz CT molecular complexity index is 1160. The van der Waals surface area contributed by atoms with Gasteiger partial charge in [0.05, 0.1) is 37.1 Å². The quantitative estimate of drug-likeness (QED) is 0.203. The van der Waals surface area contributed by atoms with Gasteiger partial charge in [-0.25, -0.2) is 4.79 Å². The second kappa shape index (κ2) is 18.3. The van der Waals surface area contributed by atoms with E-state index < -0.39 is 49.2 Å². The van der Waals surface area contributed by atoms with Gasteiger partial charge < -0.3 is 54.7 Å². The Morgan fingerprint density at radius 2 is 1.35 bits per heavy atom. The summed E-state index contributed by atoms with van der Waals surface area (Å²) in [5.41, 5.74) is 2.09. The number of fused-ring (bicyclic) bond motifs is 5. The van der Waals surface area contributed by atoms with E-state index in [2.05, 4.69) is 18.6 Å². The Morgan fingerprint density at radius 3 is 1.83 bits per heavy atom. The first-order chi connectivity index (χ1) is 24.4. The molecule has 7 aliphatic rings. The minimum Gasteiger partial charge on any atom is -0.466 e. The maximum absolute atomic E-state index is 11.6. The molecule has 0 spiro atoms. The summed E-state index contributed by atoms with van der Waals surface area (Å²) in [7, 11) is 0. The largest absolute Gasteiger partial charge is 0.466 e. The molecule has 2 unspecified atom stereocenters. The van der Waals surface area contributed by atoms with Crippen LogP contribution < -0.4 is 0 Å². The molecule has 0 amide bonds. The molecule has 13 heteroatoms. The first kappa shape index (κ1) is 43.1. The number of esters is 2. The third-order valence-electron chi connectivity index (χ3n) is 13.5. The summed E-state index contributed by atoms with van der Waals surface area (Å²) in [5, 5.41) is 64.1. The van der Waals surface area contributed by atoms with Crippen LogP contribution in [0.15, 0.2) is 11.6 Å². The Labute approximate surface area is 308 Å². The number of hydrogen-bond acceptors (Lipinski definition) is 13. The Hall–Kier alpha value is -1.68. The summed E-state index contributed by atoms with van der Waals surface area (Å²) in [4.78, 5) is 21.4. The number of aliphatic hydroxyl groups is 7. The van der Waals surface area contributed by atoms with Crippen molar-refractivity contribution in [3.63, 3.8) is 0 Å². The van der Waals surface area contributed by atoms with Crippen molar-refractivity contribution in [3.8, 4) is 0 Å². The molecular formula is C39H66O13. The lowest BCUT2D eigenvalue weighted by Gasteiger charge is -2.61. The van der Waals surface area contributed by atoms with Crippen molar-refractivity contribution in [1.29, 1.82) is 0 Å². The Morgan fingerprint density at radius 1 is 0.788 bits per heavy atom. The van der Waals surface area contributed by atoms with Crippen molar-refractivity contribution in [2.75, 3.05) is 13.2 Å². The molecule has 0 aromatic rings. The fraction of sp³-hybridized carbons (Fsp3) is 0.897. The van der Waals surface area contributed by atoms with Crippen molar-refractivity contribution >= 4 is 11.9 Å². The lowest BCUT2D eigenvalue weighted by atomic mass is 9.44. The minimum absolute atomic E-state index is 0.0545. The molecule has 3 aliphatic heterocycles. The van der Waals surface area contributed by atoms with Gasteiger partial charge in [-0.1, -0.05) is 13.8 Å². The van der Waals surface area contributed by atoms with E-state index in [4.69, 9.17) is 44.8 Å². The predicted octanol–water partition coefficient (Wildman–Crippen LogP) is 2.73. The number of carbonyl (C=O) groups excluding carboxylic acids is 2. The van der Waals surface area contributed by atoms with Crippen LogP contribution in [0.3, 0.4) is 0 Å². The van der Waals surface area contributed by atoms with Crippen molar-refractivity contribution in [2.24, 2.45) is 40.4 Å². The van der Waals surface area contributed by atoms with Gasteiger partial charge in [0.1, 0.15) is 18.8 Å². The molecule has 0 aromatic heterocycles. The van der Waals surface area contributed by atoms with E-state index >= 15 is 0 Å². The van der Waals surface area contributed by atoms with E-state index in [9.17, 15) is 14.7 Å². The molecule has 0 bridgehead atoms. The lowest BCUT2D eigenvalue weighted by molar-refractivity contribution is -0.226. The molecule has 6 fully saturated rings. The van der Waals surface area contributed by atoms with E-state index in [1.165, 1.54) is 57.4 Å². The minimum atomic E-state index is -0.937. The van der Waals surface area contributed by atoms with E-state index in [0.717, 1.165) is 36.5 Å². The molecule has 0 aromatic carbocycles. The molecule has 7 N–H and O–H groups in total. The molecule has 7 rings (SSSR count). The van der Waals surface area contributed by atoms with Gasteiger partial charge in [-0.05, 0) is 125 Å². The SMILES string of the molecule is CCOC(C)=O.C[C@H]1OC(O)C[C@H](O)[C@@H]1O.C[C@H]1OC(O)C[C@H](O)[C@@H]1O.C[C@]12CC[C@H](O)C[C@H]1CC[C@@H]1[C@@H]2CC[C@]2(C)[C@@H](C3=CC(=O)OC3)CC[C@@H]12. The van der Waals surface area contributed by atoms with Crippen LogP contribution in [0.5, 0.6) is 0 Å². The summed E-state index contributed by atoms with van der Waals surface area (Å²) in [6, 6.07) is 0. The second-order valence-electron chi connectivity index (χ2n) is 16.7. The molecule has 2 saturated heterocycles. The molecule has 4 saturated carbocycles. The summed E-state index contributed by atoms with van der Waals surface area (Å²) in [6.07, 6.45) is 6.77. The van der Waals surface area contributed by atoms with Gasteiger partial charge in [0.25, 0.3) is 0 Å². The van der Waals surface area contributed by atoms with Crippen LogP contribution in [0.2, 0.25) is 0 Å². The van der Waals surface area contributed by atoms with Crippen LogP contribution in [0.4, 0.5) is 0 Å². The highest BCUT2D eigenvalue weighted by Crippen LogP contribution is 2.68. The van der Waals surface area contributed by atoms with E-state index in [1.54, 1.807) is 26.8 Å². The Kier molecular flexibility index (Phi) is 15.2. The predicted molar refractivity (Wildman–Crippen MR) is 189 cm³/mol. The molecular weight excluding hydrogens is 676 g/mol. The molecule has 4 aliphatic carbocycles. The van der Waals surface area contributed by atoms with Crippen LogP contribution in [-0.2, 0) is 28.5 Å². The van der Waals surface area contributed by atoms with Crippen molar-refractivity contribution in [3.05, 3.63) is 11.6 Å². The first-order valence-corrected chi connectivity index (χ1v) is 19.5. The van der Waals surface area contributed by atoms with E-state index in [0.29, 0.717) is 30.0 Å². The lowest BCUT2D eigenvalue weighted by Crippen LogP contribution is -2.54.